The third-order valence-electron chi connectivity index (χ3n) is 2.56. The number of halogens is 1. The van der Waals surface area contributed by atoms with Crippen molar-refractivity contribution in [3.63, 3.8) is 0 Å². The Balaban J connectivity index is 2.58. The third kappa shape index (κ3) is 2.90. The number of pyridine rings is 1. The van der Waals surface area contributed by atoms with Gasteiger partial charge in [0.2, 0.25) is 0 Å². The van der Waals surface area contributed by atoms with E-state index in [1.807, 2.05) is 19.1 Å². The average molecular weight is 276 g/mol. The van der Waals surface area contributed by atoms with E-state index in [1.54, 1.807) is 31.3 Å². The van der Waals surface area contributed by atoms with E-state index in [0.29, 0.717) is 16.1 Å². The molecule has 2 rings (SSSR count). The smallest absolute Gasteiger partial charge is 0.282 e. The van der Waals surface area contributed by atoms with Crippen molar-refractivity contribution in [1.29, 1.82) is 0 Å². The van der Waals surface area contributed by atoms with Crippen molar-refractivity contribution < 1.29 is 4.79 Å². The number of carbonyl (C=O) groups excluding carboxylic acids is 1. The van der Waals surface area contributed by atoms with Crippen molar-refractivity contribution in [2.24, 2.45) is 4.99 Å². The predicted molar refractivity (Wildman–Crippen MR) is 78.0 cm³/mol. The molecule has 5 heteroatoms. The molecule has 0 aliphatic carbocycles. The van der Waals surface area contributed by atoms with E-state index in [-0.39, 0.29) is 5.91 Å². The molecule has 0 spiro atoms. The maximum absolute atomic E-state index is 12.1. The van der Waals surface area contributed by atoms with E-state index in [0.717, 1.165) is 10.9 Å². The maximum atomic E-state index is 12.1. The molecule has 4 nitrogen and oxygen atoms in total. The van der Waals surface area contributed by atoms with Gasteiger partial charge in [0.1, 0.15) is 0 Å². The first-order chi connectivity index (χ1) is 8.99. The summed E-state index contributed by atoms with van der Waals surface area (Å²) in [6.07, 6.45) is 3.16. The number of aromatic nitrogens is 1. The molecular formula is C14H14ClN3O. The zero-order valence-electron chi connectivity index (χ0n) is 11.0. The summed E-state index contributed by atoms with van der Waals surface area (Å²) >= 11 is 6.10. The van der Waals surface area contributed by atoms with Gasteiger partial charge >= 0.3 is 0 Å². The van der Waals surface area contributed by atoms with Crippen molar-refractivity contribution >= 4 is 34.7 Å². The Morgan fingerprint density at radius 2 is 2.16 bits per heavy atom. The van der Waals surface area contributed by atoms with Crippen LogP contribution in [0.25, 0.3) is 10.9 Å². The van der Waals surface area contributed by atoms with Gasteiger partial charge < -0.3 is 4.90 Å². The summed E-state index contributed by atoms with van der Waals surface area (Å²) in [6, 6.07) is 5.51. The number of benzene rings is 1. The van der Waals surface area contributed by atoms with E-state index >= 15 is 0 Å². The van der Waals surface area contributed by atoms with Crippen LogP contribution in [-0.2, 0) is 0 Å². The quantitative estimate of drug-likeness (QED) is 0.625. The van der Waals surface area contributed by atoms with Crippen molar-refractivity contribution in [3.05, 3.63) is 40.5 Å². The number of nitrogens with zero attached hydrogens (tertiary/aromatic N) is 3. The van der Waals surface area contributed by atoms with Crippen LogP contribution in [0.5, 0.6) is 0 Å². The second-order valence-electron chi connectivity index (χ2n) is 4.52. The lowest BCUT2D eigenvalue weighted by Crippen LogP contribution is -2.10. The fourth-order valence-electron chi connectivity index (χ4n) is 1.72. The van der Waals surface area contributed by atoms with Crippen molar-refractivity contribution in [3.8, 4) is 0 Å². The lowest BCUT2D eigenvalue weighted by Gasteiger charge is -2.06. The number of aliphatic imine (C=N–C) groups is 1. The molecule has 0 bridgehead atoms. The molecule has 0 N–H and O–H groups in total. The minimum atomic E-state index is -0.388. The van der Waals surface area contributed by atoms with Crippen LogP contribution < -0.4 is 0 Å². The minimum Gasteiger partial charge on any atom is -0.369 e. The maximum Gasteiger partial charge on any atom is 0.282 e. The highest BCUT2D eigenvalue weighted by atomic mass is 35.5. The van der Waals surface area contributed by atoms with Crippen molar-refractivity contribution in [2.75, 3.05) is 14.1 Å². The number of amides is 1. The van der Waals surface area contributed by atoms with Crippen LogP contribution in [0, 0.1) is 6.92 Å². The summed E-state index contributed by atoms with van der Waals surface area (Å²) in [7, 11) is 3.59. The molecule has 98 valence electrons. The fraction of sp³-hybridized carbons (Fsp3) is 0.214. The Kier molecular flexibility index (Phi) is 3.81. The standard InChI is InChI=1S/C14H14ClN3O/c1-9-6-10-4-5-11(15)12(13(10)16-7-9)14(19)17-8-18(2)3/h4-8H,1-3H3. The Labute approximate surface area is 116 Å². The molecule has 1 aromatic heterocycles. The van der Waals surface area contributed by atoms with E-state index in [2.05, 4.69) is 9.98 Å². The van der Waals surface area contributed by atoms with E-state index in [4.69, 9.17) is 11.6 Å². The number of fused-ring (bicyclic) bond motifs is 1. The van der Waals surface area contributed by atoms with Crippen LogP contribution in [0.3, 0.4) is 0 Å². The first-order valence-corrected chi connectivity index (χ1v) is 6.16. The number of hydrogen-bond acceptors (Lipinski definition) is 2. The first kappa shape index (κ1) is 13.5. The van der Waals surface area contributed by atoms with Crippen molar-refractivity contribution in [2.45, 2.75) is 6.92 Å². The van der Waals surface area contributed by atoms with Crippen LogP contribution in [0.15, 0.2) is 29.4 Å². The Morgan fingerprint density at radius 1 is 1.42 bits per heavy atom. The summed E-state index contributed by atoms with van der Waals surface area (Å²) in [6.45, 7) is 1.95. The van der Waals surface area contributed by atoms with Gasteiger partial charge in [-0.2, -0.15) is 4.99 Å². The SMILES string of the molecule is Cc1cnc2c(C(=O)N=CN(C)C)c(Cl)ccc2c1. The zero-order valence-corrected chi connectivity index (χ0v) is 11.8. The Bertz CT molecular complexity index is 665. The van der Waals surface area contributed by atoms with Crippen LogP contribution in [-0.4, -0.2) is 36.2 Å². The highest BCUT2D eigenvalue weighted by Gasteiger charge is 2.14. The average Bonchev–Trinajstić information content (AvgIpc) is 2.36. The summed E-state index contributed by atoms with van der Waals surface area (Å²) < 4.78 is 0. The molecule has 0 fully saturated rings. The molecule has 1 amide bonds. The van der Waals surface area contributed by atoms with E-state index < -0.39 is 0 Å². The van der Waals surface area contributed by atoms with Gasteiger partial charge in [0, 0.05) is 25.7 Å². The van der Waals surface area contributed by atoms with Gasteiger partial charge in [-0.1, -0.05) is 17.7 Å². The Hall–Kier alpha value is -1.94. The molecule has 0 saturated carbocycles. The predicted octanol–water partition coefficient (Wildman–Crippen LogP) is 2.93. The van der Waals surface area contributed by atoms with Crippen molar-refractivity contribution in [1.82, 2.24) is 9.88 Å². The zero-order chi connectivity index (χ0) is 14.0. The monoisotopic (exact) mass is 275 g/mol. The highest BCUT2D eigenvalue weighted by Crippen LogP contribution is 2.25. The summed E-state index contributed by atoms with van der Waals surface area (Å²) in [4.78, 5) is 22.0. The molecular weight excluding hydrogens is 262 g/mol. The number of rotatable bonds is 2. The number of aryl methyl sites for hydroxylation is 1. The summed E-state index contributed by atoms with van der Waals surface area (Å²) in [5.74, 6) is -0.388. The molecule has 1 aromatic carbocycles. The largest absolute Gasteiger partial charge is 0.369 e. The molecule has 0 aliphatic rings. The molecule has 2 aromatic rings. The lowest BCUT2D eigenvalue weighted by atomic mass is 10.1. The van der Waals surface area contributed by atoms with Gasteiger partial charge in [-0.3, -0.25) is 9.78 Å². The second kappa shape index (κ2) is 5.36. The number of carbonyl (C=O) groups is 1. The molecule has 0 saturated heterocycles. The summed E-state index contributed by atoms with van der Waals surface area (Å²) in [5, 5.41) is 1.25. The second-order valence-corrected chi connectivity index (χ2v) is 4.93. The first-order valence-electron chi connectivity index (χ1n) is 5.79. The minimum absolute atomic E-state index is 0.345. The van der Waals surface area contributed by atoms with Gasteiger partial charge in [-0.05, 0) is 24.6 Å². The van der Waals surface area contributed by atoms with Gasteiger partial charge in [-0.15, -0.1) is 0 Å². The van der Waals surface area contributed by atoms with Crippen LogP contribution in [0.1, 0.15) is 15.9 Å². The van der Waals surface area contributed by atoms with E-state index in [9.17, 15) is 4.79 Å². The lowest BCUT2D eigenvalue weighted by molar-refractivity contribution is 0.100. The fourth-order valence-corrected chi connectivity index (χ4v) is 1.96. The van der Waals surface area contributed by atoms with Crippen LogP contribution in [0.2, 0.25) is 5.02 Å². The molecule has 0 unspecified atom stereocenters. The molecule has 1 heterocycles. The van der Waals surface area contributed by atoms with Gasteiger partial charge in [-0.25, -0.2) is 0 Å². The number of hydrogen-bond donors (Lipinski definition) is 0. The molecule has 0 radical (unpaired) electrons. The van der Waals surface area contributed by atoms with Crippen LogP contribution in [0.4, 0.5) is 0 Å². The van der Waals surface area contributed by atoms with Gasteiger partial charge in [0.15, 0.2) is 0 Å². The van der Waals surface area contributed by atoms with E-state index in [1.165, 1.54) is 6.34 Å². The normalized spacial score (nSPS) is 11.2. The summed E-state index contributed by atoms with van der Waals surface area (Å²) in [5.41, 5.74) is 1.96. The van der Waals surface area contributed by atoms with Crippen LogP contribution >= 0.6 is 11.6 Å². The van der Waals surface area contributed by atoms with Gasteiger partial charge in [0.05, 0.1) is 22.4 Å². The molecule has 0 aliphatic heterocycles. The highest BCUT2D eigenvalue weighted by molar-refractivity contribution is 6.35. The van der Waals surface area contributed by atoms with Gasteiger partial charge in [0.25, 0.3) is 5.91 Å². The molecule has 0 atom stereocenters. The third-order valence-corrected chi connectivity index (χ3v) is 2.87. The Morgan fingerprint density at radius 3 is 2.84 bits per heavy atom. The molecule has 19 heavy (non-hydrogen) atoms. The topological polar surface area (TPSA) is 45.6 Å².